The third kappa shape index (κ3) is 4.57. The molecule has 0 aliphatic rings. The first-order valence-electron chi connectivity index (χ1n) is 7.65. The molecule has 3 rings (SSSR count). The van der Waals surface area contributed by atoms with E-state index < -0.39 is 23.5 Å². The molecule has 138 valence electrons. The van der Waals surface area contributed by atoms with Crippen LogP contribution in [-0.2, 0) is 6.18 Å². The largest absolute Gasteiger partial charge is 0.416 e. The number of hydrogen-bond donors (Lipinski definition) is 2. The fourth-order valence-corrected chi connectivity index (χ4v) is 2.20. The molecule has 0 atom stereocenters. The fourth-order valence-electron chi connectivity index (χ4n) is 2.20. The average Bonchev–Trinajstić information content (AvgIpc) is 2.64. The molecule has 27 heavy (non-hydrogen) atoms. The van der Waals surface area contributed by atoms with E-state index in [2.05, 4.69) is 20.6 Å². The molecule has 5 nitrogen and oxygen atoms in total. The fraction of sp³-hybridized carbons (Fsp3) is 0.0556. The van der Waals surface area contributed by atoms with Gasteiger partial charge in [0.25, 0.3) is 5.91 Å². The topological polar surface area (TPSA) is 66.9 Å². The summed E-state index contributed by atoms with van der Waals surface area (Å²) in [6.45, 7) is 0. The van der Waals surface area contributed by atoms with Crippen molar-refractivity contribution >= 4 is 23.1 Å². The number of nitrogens with one attached hydrogen (secondary N) is 2. The highest BCUT2D eigenvalue weighted by molar-refractivity contribution is 6.06. The van der Waals surface area contributed by atoms with Crippen LogP contribution in [0.3, 0.4) is 0 Å². The average molecular weight is 376 g/mol. The quantitative estimate of drug-likeness (QED) is 0.652. The molecule has 0 saturated carbocycles. The Morgan fingerprint density at radius 2 is 1.44 bits per heavy atom. The minimum Gasteiger partial charge on any atom is -0.338 e. The Bertz CT molecular complexity index is 941. The van der Waals surface area contributed by atoms with Crippen molar-refractivity contribution < 1.29 is 22.4 Å². The van der Waals surface area contributed by atoms with Gasteiger partial charge >= 0.3 is 6.18 Å². The maximum Gasteiger partial charge on any atom is 0.416 e. The molecule has 0 radical (unpaired) electrons. The minimum absolute atomic E-state index is 0.0678. The number of carbonyl (C=O) groups is 1. The lowest BCUT2D eigenvalue weighted by Gasteiger charge is -2.11. The van der Waals surface area contributed by atoms with Crippen LogP contribution in [0.1, 0.15) is 16.1 Å². The molecule has 9 heteroatoms. The second-order valence-electron chi connectivity index (χ2n) is 5.41. The van der Waals surface area contributed by atoms with E-state index in [1.165, 1.54) is 36.7 Å². The van der Waals surface area contributed by atoms with Gasteiger partial charge in [0.2, 0.25) is 0 Å². The first kappa shape index (κ1) is 18.3. The van der Waals surface area contributed by atoms with Gasteiger partial charge in [0.15, 0.2) is 11.5 Å². The van der Waals surface area contributed by atoms with Gasteiger partial charge < -0.3 is 10.6 Å². The van der Waals surface area contributed by atoms with E-state index in [9.17, 15) is 22.4 Å². The summed E-state index contributed by atoms with van der Waals surface area (Å²) in [5.41, 5.74) is -0.229. The van der Waals surface area contributed by atoms with Gasteiger partial charge in [-0.3, -0.25) is 4.79 Å². The van der Waals surface area contributed by atoms with Gasteiger partial charge in [0, 0.05) is 23.8 Å². The van der Waals surface area contributed by atoms with Crippen molar-refractivity contribution in [3.63, 3.8) is 0 Å². The van der Waals surface area contributed by atoms with Crippen molar-refractivity contribution in [1.29, 1.82) is 0 Å². The first-order valence-corrected chi connectivity index (χ1v) is 7.65. The third-order valence-corrected chi connectivity index (χ3v) is 3.49. The summed E-state index contributed by atoms with van der Waals surface area (Å²) in [5, 5.41) is 5.31. The molecule has 0 aliphatic heterocycles. The van der Waals surface area contributed by atoms with E-state index in [-0.39, 0.29) is 17.2 Å². The van der Waals surface area contributed by atoms with Crippen LogP contribution in [0.15, 0.2) is 60.9 Å². The van der Waals surface area contributed by atoms with Crippen molar-refractivity contribution in [1.82, 2.24) is 9.97 Å². The summed E-state index contributed by atoms with van der Waals surface area (Å²) >= 11 is 0. The summed E-state index contributed by atoms with van der Waals surface area (Å²) in [5.74, 6) is -0.957. The number of halogens is 4. The lowest BCUT2D eigenvalue weighted by atomic mass is 10.2. The van der Waals surface area contributed by atoms with Crippen LogP contribution in [0.25, 0.3) is 0 Å². The van der Waals surface area contributed by atoms with Crippen molar-refractivity contribution in [2.45, 2.75) is 6.18 Å². The van der Waals surface area contributed by atoms with E-state index in [0.29, 0.717) is 5.69 Å². The smallest absolute Gasteiger partial charge is 0.338 e. The Balaban J connectivity index is 1.78. The van der Waals surface area contributed by atoms with Gasteiger partial charge in [-0.05, 0) is 48.5 Å². The van der Waals surface area contributed by atoms with Crippen LogP contribution in [-0.4, -0.2) is 15.9 Å². The third-order valence-electron chi connectivity index (χ3n) is 3.49. The molecule has 0 aliphatic carbocycles. The van der Waals surface area contributed by atoms with Crippen LogP contribution in [0.5, 0.6) is 0 Å². The van der Waals surface area contributed by atoms with Gasteiger partial charge in [0.05, 0.1) is 5.56 Å². The molecule has 0 bridgehead atoms. The van der Waals surface area contributed by atoms with Crippen molar-refractivity contribution in [2.24, 2.45) is 0 Å². The predicted octanol–water partition coefficient (Wildman–Crippen LogP) is 4.63. The highest BCUT2D eigenvalue weighted by Gasteiger charge is 2.30. The van der Waals surface area contributed by atoms with Crippen molar-refractivity contribution in [3.8, 4) is 0 Å². The zero-order valence-electron chi connectivity index (χ0n) is 13.6. The van der Waals surface area contributed by atoms with Gasteiger partial charge in [-0.2, -0.15) is 13.2 Å². The highest BCUT2D eigenvalue weighted by atomic mass is 19.4. The predicted molar refractivity (Wildman–Crippen MR) is 91.1 cm³/mol. The maximum atomic E-state index is 13.0. The Morgan fingerprint density at radius 3 is 2.07 bits per heavy atom. The highest BCUT2D eigenvalue weighted by Crippen LogP contribution is 2.30. The maximum absolute atomic E-state index is 13.0. The van der Waals surface area contributed by atoms with Gasteiger partial charge in [-0.25, -0.2) is 14.4 Å². The molecule has 0 saturated heterocycles. The molecule has 2 N–H and O–H groups in total. The van der Waals surface area contributed by atoms with E-state index in [0.717, 1.165) is 24.3 Å². The number of aromatic nitrogens is 2. The summed E-state index contributed by atoms with van der Waals surface area (Å²) in [6, 6.07) is 9.41. The monoisotopic (exact) mass is 376 g/mol. The molecular weight excluding hydrogens is 364 g/mol. The Labute approximate surface area is 151 Å². The number of hydrogen-bond acceptors (Lipinski definition) is 4. The molecule has 1 amide bonds. The lowest BCUT2D eigenvalue weighted by Crippen LogP contribution is -2.16. The molecular formula is C18H12F4N4O. The minimum atomic E-state index is -4.46. The number of alkyl halides is 3. The second kappa shape index (κ2) is 7.40. The molecule has 3 aromatic rings. The first-order chi connectivity index (χ1) is 12.8. The Hall–Kier alpha value is -3.49. The van der Waals surface area contributed by atoms with Crippen LogP contribution in [0.4, 0.5) is 34.8 Å². The van der Waals surface area contributed by atoms with E-state index in [1.807, 2.05) is 0 Å². The van der Waals surface area contributed by atoms with Crippen LogP contribution in [0.2, 0.25) is 0 Å². The van der Waals surface area contributed by atoms with Crippen LogP contribution in [0, 0.1) is 5.82 Å². The molecule has 0 unspecified atom stereocenters. The summed E-state index contributed by atoms with van der Waals surface area (Å²) in [6.07, 6.45) is -1.79. The zero-order valence-corrected chi connectivity index (χ0v) is 13.6. The SMILES string of the molecule is O=C(Nc1ccc(C(F)(F)F)cc1)c1nccnc1Nc1ccc(F)cc1. The number of carbonyl (C=O) groups excluding carboxylic acids is 1. The molecule has 2 aromatic carbocycles. The summed E-state index contributed by atoms with van der Waals surface area (Å²) in [4.78, 5) is 20.4. The number of amides is 1. The molecule has 0 fully saturated rings. The van der Waals surface area contributed by atoms with E-state index in [1.54, 1.807) is 0 Å². The number of rotatable bonds is 4. The summed E-state index contributed by atoms with van der Waals surface area (Å²) < 4.78 is 50.8. The van der Waals surface area contributed by atoms with Gasteiger partial charge in [0.1, 0.15) is 5.82 Å². The van der Waals surface area contributed by atoms with Crippen molar-refractivity contribution in [3.05, 3.63) is 78.0 Å². The molecule has 1 aromatic heterocycles. The Kier molecular flexibility index (Phi) is 5.02. The lowest BCUT2D eigenvalue weighted by molar-refractivity contribution is -0.137. The van der Waals surface area contributed by atoms with E-state index >= 15 is 0 Å². The van der Waals surface area contributed by atoms with Crippen LogP contribution >= 0.6 is 0 Å². The number of benzene rings is 2. The van der Waals surface area contributed by atoms with Gasteiger partial charge in [-0.15, -0.1) is 0 Å². The standard InChI is InChI=1S/C18H12F4N4O/c19-12-3-7-13(8-4-12)25-16-15(23-9-10-24-16)17(27)26-14-5-1-11(2-6-14)18(20,21)22/h1-10H,(H,24,25)(H,26,27). The number of nitrogens with zero attached hydrogens (tertiary/aromatic N) is 2. The second-order valence-corrected chi connectivity index (χ2v) is 5.41. The van der Waals surface area contributed by atoms with E-state index in [4.69, 9.17) is 0 Å². The normalized spacial score (nSPS) is 11.1. The van der Waals surface area contributed by atoms with Gasteiger partial charge in [-0.1, -0.05) is 0 Å². The summed E-state index contributed by atoms with van der Waals surface area (Å²) in [7, 11) is 0. The zero-order chi connectivity index (χ0) is 19.4. The Morgan fingerprint density at radius 1 is 0.852 bits per heavy atom. The van der Waals surface area contributed by atoms with Crippen LogP contribution < -0.4 is 10.6 Å². The molecule has 1 heterocycles. The number of anilines is 3. The molecule has 0 spiro atoms. The van der Waals surface area contributed by atoms with Crippen molar-refractivity contribution in [2.75, 3.05) is 10.6 Å².